The van der Waals surface area contributed by atoms with Crippen molar-refractivity contribution in [3.8, 4) is 0 Å². The molecule has 0 radical (unpaired) electrons. The van der Waals surface area contributed by atoms with Crippen molar-refractivity contribution in [1.82, 2.24) is 0 Å². The number of hydrogen-bond acceptors (Lipinski definition) is 9. The molecule has 1 unspecified atom stereocenters. The molecule has 0 N–H and O–H groups in total. The molecule has 0 aromatic rings. The van der Waals surface area contributed by atoms with Crippen molar-refractivity contribution >= 4 is 36.7 Å². The zero-order valence-corrected chi connectivity index (χ0v) is 20.4. The van der Waals surface area contributed by atoms with Crippen LogP contribution in [0, 0.1) is 5.92 Å². The molecular weight excluding hydrogens is 426 g/mol. The van der Waals surface area contributed by atoms with Crippen LogP contribution in [0.15, 0.2) is 0 Å². The van der Waals surface area contributed by atoms with Crippen LogP contribution in [0.25, 0.3) is 0 Å². The number of nitrogens with zero attached hydrogens (tertiary/aromatic N) is 1. The summed E-state index contributed by atoms with van der Waals surface area (Å²) in [5.41, 5.74) is 0. The summed E-state index contributed by atoms with van der Waals surface area (Å²) in [7, 11) is 1.65. The summed E-state index contributed by atoms with van der Waals surface area (Å²) in [6, 6.07) is 0.715. The molecule has 0 rings (SSSR count). The van der Waals surface area contributed by atoms with Gasteiger partial charge in [0.05, 0.1) is 36.7 Å². The third kappa shape index (κ3) is 12.4. The summed E-state index contributed by atoms with van der Waals surface area (Å²) in [4.78, 5) is 12.1. The molecule has 0 amide bonds. The van der Waals surface area contributed by atoms with Gasteiger partial charge >= 0.3 is 14.8 Å². The van der Waals surface area contributed by atoms with Crippen LogP contribution in [0.3, 0.4) is 0 Å². The second-order valence-corrected chi connectivity index (χ2v) is 13.0. The van der Waals surface area contributed by atoms with Crippen LogP contribution in [-0.4, -0.2) is 98.2 Å². The highest BCUT2D eigenvalue weighted by atomic mass is 32.2. The van der Waals surface area contributed by atoms with Crippen LogP contribution in [-0.2, 0) is 32.9 Å². The van der Waals surface area contributed by atoms with Crippen molar-refractivity contribution in [3.05, 3.63) is 0 Å². The van der Waals surface area contributed by atoms with Crippen molar-refractivity contribution in [2.45, 2.75) is 25.8 Å². The molecule has 0 aliphatic rings. The Kier molecular flexibility index (Phi) is 13.1. The van der Waals surface area contributed by atoms with Crippen molar-refractivity contribution in [3.63, 3.8) is 0 Å². The van der Waals surface area contributed by atoms with E-state index < -0.39 is 24.7 Å². The molecule has 1 atom stereocenters. The third-order valence-electron chi connectivity index (χ3n) is 4.19. The van der Waals surface area contributed by atoms with E-state index in [-0.39, 0.29) is 25.0 Å². The first kappa shape index (κ1) is 27.8. The Balaban J connectivity index is 4.09. The average Bonchev–Trinajstić information content (AvgIpc) is 2.61. The van der Waals surface area contributed by atoms with Gasteiger partial charge in [-0.3, -0.25) is 9.28 Å². The third-order valence-corrected chi connectivity index (χ3v) is 9.12. The standard InChI is InChI=1S/C16H35NO8S2Si/c1-15(13-26-10-8-12-28(22-4,23-5)24-6)16(18)25-14-17(2,3)9-7-11-27(19,20)21/h15H,7-14H2,1-6H3. The minimum absolute atomic E-state index is 0.135. The van der Waals surface area contributed by atoms with Crippen molar-refractivity contribution < 1.29 is 40.3 Å². The fraction of sp³-hybridized carbons (Fsp3) is 0.938. The van der Waals surface area contributed by atoms with Crippen LogP contribution in [0.4, 0.5) is 0 Å². The highest BCUT2D eigenvalue weighted by Gasteiger charge is 2.36. The maximum Gasteiger partial charge on any atom is 0.500 e. The van der Waals surface area contributed by atoms with E-state index in [0.29, 0.717) is 22.8 Å². The second-order valence-electron chi connectivity index (χ2n) is 7.24. The largest absolute Gasteiger partial charge is 0.748 e. The quantitative estimate of drug-likeness (QED) is 0.0834. The fourth-order valence-corrected chi connectivity index (χ4v) is 5.86. The summed E-state index contributed by atoms with van der Waals surface area (Å²) in [5, 5.41) is 0. The lowest BCUT2D eigenvalue weighted by atomic mass is 10.2. The Bertz CT molecular complexity index is 547. The SMILES string of the molecule is CO[Si](CCCSCC(C)C(=O)OC[N+](C)(C)CCCS(=O)(=O)[O-])(OC)OC. The molecule has 0 aliphatic heterocycles. The average molecular weight is 462 g/mol. The maximum absolute atomic E-state index is 12.1. The zero-order chi connectivity index (χ0) is 21.8. The van der Waals surface area contributed by atoms with E-state index in [1.165, 1.54) is 0 Å². The van der Waals surface area contributed by atoms with Gasteiger partial charge in [0.2, 0.25) is 6.73 Å². The number of esters is 1. The highest BCUT2D eigenvalue weighted by Crippen LogP contribution is 2.19. The number of carbonyl (C=O) groups excluding carboxylic acids is 1. The molecule has 9 nitrogen and oxygen atoms in total. The second kappa shape index (κ2) is 13.2. The lowest BCUT2D eigenvalue weighted by Crippen LogP contribution is -2.44. The van der Waals surface area contributed by atoms with Crippen molar-refractivity contribution in [2.24, 2.45) is 5.92 Å². The van der Waals surface area contributed by atoms with Crippen LogP contribution in [0.1, 0.15) is 19.8 Å². The highest BCUT2D eigenvalue weighted by molar-refractivity contribution is 7.99. The van der Waals surface area contributed by atoms with Gasteiger partial charge in [-0.05, 0) is 12.2 Å². The van der Waals surface area contributed by atoms with Gasteiger partial charge in [0.25, 0.3) is 0 Å². The first-order chi connectivity index (χ1) is 12.9. The van der Waals surface area contributed by atoms with Crippen molar-refractivity contribution in [1.29, 1.82) is 0 Å². The number of quaternary nitrogens is 1. The number of thioether (sulfide) groups is 1. The van der Waals surface area contributed by atoms with E-state index in [0.717, 1.165) is 12.2 Å². The lowest BCUT2D eigenvalue weighted by Gasteiger charge is -2.29. The zero-order valence-electron chi connectivity index (χ0n) is 17.8. The number of hydrogen-bond donors (Lipinski definition) is 0. The molecule has 0 spiro atoms. The Morgan fingerprint density at radius 1 is 1.14 bits per heavy atom. The predicted octanol–water partition coefficient (Wildman–Crippen LogP) is 1.14. The van der Waals surface area contributed by atoms with E-state index in [4.69, 9.17) is 18.0 Å². The summed E-state index contributed by atoms with van der Waals surface area (Å²) in [5.74, 6) is 0.552. The minimum Gasteiger partial charge on any atom is -0.748 e. The normalized spacial score (nSPS) is 14.1. The predicted molar refractivity (Wildman–Crippen MR) is 110 cm³/mol. The van der Waals surface area contributed by atoms with E-state index in [1.54, 1.807) is 33.1 Å². The van der Waals surface area contributed by atoms with Gasteiger partial charge in [-0.2, -0.15) is 11.8 Å². The summed E-state index contributed by atoms with van der Waals surface area (Å²) in [6.07, 6.45) is 1.09. The lowest BCUT2D eigenvalue weighted by molar-refractivity contribution is -0.907. The van der Waals surface area contributed by atoms with Crippen LogP contribution < -0.4 is 0 Å². The molecule has 0 aliphatic carbocycles. The molecule has 0 saturated heterocycles. The topological polar surface area (TPSA) is 111 Å². The number of rotatable bonds is 16. The summed E-state index contributed by atoms with van der Waals surface area (Å²) < 4.78 is 53.7. The first-order valence-electron chi connectivity index (χ1n) is 9.05. The van der Waals surface area contributed by atoms with Crippen molar-refractivity contribution in [2.75, 3.05) is 66.0 Å². The van der Waals surface area contributed by atoms with Gasteiger partial charge in [0.1, 0.15) is 0 Å². The van der Waals surface area contributed by atoms with Gasteiger partial charge in [-0.25, -0.2) is 8.42 Å². The van der Waals surface area contributed by atoms with Gasteiger partial charge < -0.3 is 22.6 Å². The molecule has 0 fully saturated rings. The molecule has 28 heavy (non-hydrogen) atoms. The first-order valence-corrected chi connectivity index (χ1v) is 13.7. The smallest absolute Gasteiger partial charge is 0.500 e. The molecular formula is C16H35NO8S2Si. The number of carbonyl (C=O) groups is 1. The fourth-order valence-electron chi connectivity index (χ4n) is 2.39. The molecule has 0 bridgehead atoms. The molecule has 0 saturated carbocycles. The van der Waals surface area contributed by atoms with Crippen LogP contribution in [0.2, 0.25) is 6.04 Å². The molecule has 0 heterocycles. The van der Waals surface area contributed by atoms with Gasteiger partial charge in [0, 0.05) is 45.3 Å². The Morgan fingerprint density at radius 3 is 2.21 bits per heavy atom. The Hall–Kier alpha value is -0.213. The van der Waals surface area contributed by atoms with E-state index in [9.17, 15) is 17.8 Å². The minimum atomic E-state index is -4.21. The molecule has 12 heteroatoms. The van der Waals surface area contributed by atoms with Gasteiger partial charge in [-0.15, -0.1) is 0 Å². The Morgan fingerprint density at radius 2 is 1.71 bits per heavy atom. The van der Waals surface area contributed by atoms with E-state index >= 15 is 0 Å². The summed E-state index contributed by atoms with van der Waals surface area (Å²) in [6.45, 7) is 2.39. The maximum atomic E-state index is 12.1. The molecule has 0 aromatic heterocycles. The van der Waals surface area contributed by atoms with Gasteiger partial charge in [-0.1, -0.05) is 6.92 Å². The summed E-state index contributed by atoms with van der Waals surface area (Å²) >= 11 is 1.66. The van der Waals surface area contributed by atoms with E-state index in [2.05, 4.69) is 0 Å². The molecule has 0 aromatic carbocycles. The van der Waals surface area contributed by atoms with Crippen LogP contribution in [0.5, 0.6) is 0 Å². The Labute approximate surface area is 174 Å². The monoisotopic (exact) mass is 461 g/mol. The molecule has 168 valence electrons. The number of ether oxygens (including phenoxy) is 1. The van der Waals surface area contributed by atoms with Gasteiger partial charge in [0.15, 0.2) is 0 Å². The van der Waals surface area contributed by atoms with E-state index in [1.807, 2.05) is 21.0 Å². The van der Waals surface area contributed by atoms with Crippen LogP contribution >= 0.6 is 11.8 Å².